The smallest absolute Gasteiger partial charge is 0.227 e. The van der Waals surface area contributed by atoms with E-state index in [0.29, 0.717) is 18.1 Å². The van der Waals surface area contributed by atoms with Gasteiger partial charge in [-0.2, -0.15) is 0 Å². The van der Waals surface area contributed by atoms with E-state index in [2.05, 4.69) is 5.32 Å². The first kappa shape index (κ1) is 18.3. The largest absolute Gasteiger partial charge is 0.378 e. The number of hydrogen-bond donors (Lipinski definition) is 1. The van der Waals surface area contributed by atoms with E-state index in [1.807, 2.05) is 55.4 Å². The maximum atomic E-state index is 12.4. The van der Waals surface area contributed by atoms with Crippen molar-refractivity contribution in [3.63, 3.8) is 0 Å². The molecule has 1 N–H and O–H groups in total. The highest BCUT2D eigenvalue weighted by Gasteiger charge is 2.34. The van der Waals surface area contributed by atoms with E-state index in [-0.39, 0.29) is 24.2 Å². The number of halogens is 1. The van der Waals surface area contributed by atoms with Crippen molar-refractivity contribution in [2.75, 3.05) is 30.4 Å². The second kappa shape index (κ2) is 7.79. The molecule has 0 aliphatic carbocycles. The number of carbonyl (C=O) groups excluding carboxylic acids is 2. The molecule has 2 aromatic carbocycles. The zero-order valence-electron chi connectivity index (χ0n) is 14.9. The van der Waals surface area contributed by atoms with E-state index in [4.69, 9.17) is 11.6 Å². The fourth-order valence-electron chi connectivity index (χ4n) is 3.00. The van der Waals surface area contributed by atoms with Gasteiger partial charge in [-0.25, -0.2) is 0 Å². The fraction of sp³-hybridized carbons (Fsp3) is 0.300. The maximum absolute atomic E-state index is 12.4. The third-order valence-corrected chi connectivity index (χ3v) is 4.81. The molecular formula is C20H22ClN3O2. The van der Waals surface area contributed by atoms with Gasteiger partial charge in [0.25, 0.3) is 0 Å². The molecule has 3 rings (SSSR count). The van der Waals surface area contributed by atoms with Crippen LogP contribution in [-0.2, 0) is 16.1 Å². The quantitative estimate of drug-likeness (QED) is 0.878. The summed E-state index contributed by atoms with van der Waals surface area (Å²) in [5.41, 5.74) is 2.87. The molecule has 6 heteroatoms. The predicted octanol–water partition coefficient (Wildman–Crippen LogP) is 3.08. The van der Waals surface area contributed by atoms with Crippen molar-refractivity contribution in [2.24, 2.45) is 5.92 Å². The summed E-state index contributed by atoms with van der Waals surface area (Å²) in [7, 11) is 3.94. The second-order valence-corrected chi connectivity index (χ2v) is 7.10. The van der Waals surface area contributed by atoms with Gasteiger partial charge in [-0.15, -0.1) is 0 Å². The molecule has 1 heterocycles. The number of carbonyl (C=O) groups is 2. The number of hydrogen-bond acceptors (Lipinski definition) is 3. The highest BCUT2D eigenvalue weighted by Crippen LogP contribution is 2.27. The van der Waals surface area contributed by atoms with Crippen LogP contribution in [0, 0.1) is 5.92 Å². The van der Waals surface area contributed by atoms with E-state index in [1.165, 1.54) is 0 Å². The lowest BCUT2D eigenvalue weighted by atomic mass is 10.1. The number of anilines is 2. The van der Waals surface area contributed by atoms with Gasteiger partial charge < -0.3 is 15.1 Å². The molecule has 1 aliphatic rings. The molecule has 2 amide bonds. The third-order valence-electron chi connectivity index (χ3n) is 4.55. The molecule has 0 radical (unpaired) electrons. The summed E-state index contributed by atoms with van der Waals surface area (Å²) in [6.45, 7) is 0.838. The van der Waals surface area contributed by atoms with Crippen LogP contribution >= 0.6 is 11.6 Å². The number of benzene rings is 2. The van der Waals surface area contributed by atoms with Gasteiger partial charge in [-0.1, -0.05) is 23.7 Å². The van der Waals surface area contributed by atoms with Gasteiger partial charge in [0.2, 0.25) is 11.8 Å². The normalized spacial score (nSPS) is 16.7. The summed E-state index contributed by atoms with van der Waals surface area (Å²) in [4.78, 5) is 28.5. The summed E-state index contributed by atoms with van der Waals surface area (Å²) in [5.74, 6) is -0.446. The first-order chi connectivity index (χ1) is 12.4. The average molecular weight is 372 g/mol. The minimum absolute atomic E-state index is 0.0192. The minimum atomic E-state index is -0.330. The van der Waals surface area contributed by atoms with Crippen LogP contribution in [0.25, 0.3) is 0 Å². The van der Waals surface area contributed by atoms with Crippen LogP contribution in [-0.4, -0.2) is 32.5 Å². The van der Waals surface area contributed by atoms with E-state index < -0.39 is 0 Å². The van der Waals surface area contributed by atoms with Gasteiger partial charge in [0.15, 0.2) is 0 Å². The highest BCUT2D eigenvalue weighted by atomic mass is 35.5. The lowest BCUT2D eigenvalue weighted by Gasteiger charge is -2.19. The average Bonchev–Trinajstić information content (AvgIpc) is 3.03. The molecule has 1 atom stereocenters. The molecule has 1 unspecified atom stereocenters. The predicted molar refractivity (Wildman–Crippen MR) is 105 cm³/mol. The SMILES string of the molecule is CN(C)c1ccc(N2CC(C(=O)NCc3ccc(Cl)cc3)CC2=O)cc1. The standard InChI is InChI=1S/C20H22ClN3O2/c1-23(2)17-7-9-18(10-8-17)24-13-15(11-19(24)25)20(26)22-12-14-3-5-16(21)6-4-14/h3-10,15H,11-13H2,1-2H3,(H,22,26). The van der Waals surface area contributed by atoms with Gasteiger partial charge in [0.1, 0.15) is 0 Å². The Balaban J connectivity index is 1.59. The van der Waals surface area contributed by atoms with Crippen molar-refractivity contribution in [3.8, 4) is 0 Å². The molecule has 0 bridgehead atoms. The van der Waals surface area contributed by atoms with Crippen molar-refractivity contribution < 1.29 is 9.59 Å². The second-order valence-electron chi connectivity index (χ2n) is 6.66. The Labute approximate surface area is 158 Å². The Morgan fingerprint density at radius 3 is 2.42 bits per heavy atom. The summed E-state index contributed by atoms with van der Waals surface area (Å²) in [6.07, 6.45) is 0.238. The molecular weight excluding hydrogens is 350 g/mol. The molecule has 0 saturated carbocycles. The minimum Gasteiger partial charge on any atom is -0.378 e. The third kappa shape index (κ3) is 4.17. The molecule has 1 fully saturated rings. The van der Waals surface area contributed by atoms with E-state index in [1.54, 1.807) is 17.0 Å². The van der Waals surface area contributed by atoms with Crippen LogP contribution in [0.4, 0.5) is 11.4 Å². The van der Waals surface area contributed by atoms with E-state index in [0.717, 1.165) is 16.9 Å². The highest BCUT2D eigenvalue weighted by molar-refractivity contribution is 6.30. The van der Waals surface area contributed by atoms with Crippen LogP contribution in [0.1, 0.15) is 12.0 Å². The van der Waals surface area contributed by atoms with Crippen LogP contribution < -0.4 is 15.1 Å². The van der Waals surface area contributed by atoms with Gasteiger partial charge in [-0.3, -0.25) is 9.59 Å². The van der Waals surface area contributed by atoms with Gasteiger partial charge in [0.05, 0.1) is 5.92 Å². The summed E-state index contributed by atoms with van der Waals surface area (Å²) in [6, 6.07) is 15.1. The topological polar surface area (TPSA) is 52.6 Å². The molecule has 26 heavy (non-hydrogen) atoms. The fourth-order valence-corrected chi connectivity index (χ4v) is 3.13. The van der Waals surface area contributed by atoms with Gasteiger partial charge in [0, 0.05) is 50.0 Å². The summed E-state index contributed by atoms with van der Waals surface area (Å²) in [5, 5.41) is 3.57. The van der Waals surface area contributed by atoms with Crippen LogP contribution in [0.5, 0.6) is 0 Å². The van der Waals surface area contributed by atoms with Crippen LogP contribution in [0.3, 0.4) is 0 Å². The zero-order chi connectivity index (χ0) is 18.7. The van der Waals surface area contributed by atoms with Crippen molar-refractivity contribution in [2.45, 2.75) is 13.0 Å². The number of nitrogens with zero attached hydrogens (tertiary/aromatic N) is 2. The monoisotopic (exact) mass is 371 g/mol. The molecule has 0 spiro atoms. The molecule has 136 valence electrons. The Hall–Kier alpha value is -2.53. The Bertz CT molecular complexity index is 788. The van der Waals surface area contributed by atoms with E-state index >= 15 is 0 Å². The Morgan fingerprint density at radius 2 is 1.81 bits per heavy atom. The van der Waals surface area contributed by atoms with Crippen molar-refractivity contribution in [1.29, 1.82) is 0 Å². The molecule has 0 aromatic heterocycles. The first-order valence-electron chi connectivity index (χ1n) is 8.54. The molecule has 1 saturated heterocycles. The Morgan fingerprint density at radius 1 is 1.15 bits per heavy atom. The molecule has 1 aliphatic heterocycles. The number of rotatable bonds is 5. The van der Waals surface area contributed by atoms with Crippen molar-refractivity contribution in [3.05, 3.63) is 59.1 Å². The lowest BCUT2D eigenvalue weighted by molar-refractivity contribution is -0.126. The maximum Gasteiger partial charge on any atom is 0.227 e. The van der Waals surface area contributed by atoms with Crippen LogP contribution in [0.2, 0.25) is 5.02 Å². The van der Waals surface area contributed by atoms with Gasteiger partial charge in [-0.05, 0) is 42.0 Å². The number of nitrogens with one attached hydrogen (secondary N) is 1. The Kier molecular flexibility index (Phi) is 5.47. The lowest BCUT2D eigenvalue weighted by Crippen LogP contribution is -2.32. The zero-order valence-corrected chi connectivity index (χ0v) is 15.7. The summed E-state index contributed by atoms with van der Waals surface area (Å²) >= 11 is 5.86. The van der Waals surface area contributed by atoms with Crippen LogP contribution in [0.15, 0.2) is 48.5 Å². The number of amides is 2. The van der Waals surface area contributed by atoms with E-state index in [9.17, 15) is 9.59 Å². The molecule has 2 aromatic rings. The van der Waals surface area contributed by atoms with Crippen molar-refractivity contribution >= 4 is 34.8 Å². The summed E-state index contributed by atoms with van der Waals surface area (Å²) < 4.78 is 0. The van der Waals surface area contributed by atoms with Crippen molar-refractivity contribution in [1.82, 2.24) is 5.32 Å². The molecule has 5 nitrogen and oxygen atoms in total. The first-order valence-corrected chi connectivity index (χ1v) is 8.92. The van der Waals surface area contributed by atoms with Gasteiger partial charge >= 0.3 is 0 Å².